The van der Waals surface area contributed by atoms with Crippen molar-refractivity contribution < 1.29 is 19.1 Å². The summed E-state index contributed by atoms with van der Waals surface area (Å²) in [6, 6.07) is 0.0498. The second-order valence-corrected chi connectivity index (χ2v) is 5.43. The summed E-state index contributed by atoms with van der Waals surface area (Å²) < 4.78 is 4.60. The van der Waals surface area contributed by atoms with E-state index in [0.717, 1.165) is 17.8 Å². The molecule has 0 saturated carbocycles. The molecule has 0 radical (unpaired) electrons. The number of methoxy groups -OCH3 is 1. The third-order valence-corrected chi connectivity index (χ3v) is 4.02. The highest BCUT2D eigenvalue weighted by Crippen LogP contribution is 2.24. The normalized spacial score (nSPS) is 17.7. The fraction of sp³-hybridized carbons (Fsp3) is 0.500. The van der Waals surface area contributed by atoms with E-state index in [4.69, 9.17) is 0 Å². The highest BCUT2D eigenvalue weighted by molar-refractivity contribution is 7.17. The van der Waals surface area contributed by atoms with Gasteiger partial charge in [0.05, 0.1) is 7.11 Å². The Morgan fingerprint density at radius 1 is 1.55 bits per heavy atom. The van der Waals surface area contributed by atoms with Crippen LogP contribution in [0.25, 0.3) is 0 Å². The van der Waals surface area contributed by atoms with Crippen LogP contribution in [0.1, 0.15) is 39.9 Å². The van der Waals surface area contributed by atoms with E-state index in [1.165, 1.54) is 14.0 Å². The van der Waals surface area contributed by atoms with Crippen LogP contribution in [0.2, 0.25) is 0 Å². The van der Waals surface area contributed by atoms with Gasteiger partial charge in [-0.2, -0.15) is 0 Å². The predicted octanol–water partition coefficient (Wildman–Crippen LogP) is 0.823. The van der Waals surface area contributed by atoms with E-state index in [0.29, 0.717) is 18.1 Å². The van der Waals surface area contributed by atoms with E-state index >= 15 is 0 Å². The van der Waals surface area contributed by atoms with Gasteiger partial charge in [-0.1, -0.05) is 11.3 Å². The number of esters is 1. The Kier molecular flexibility index (Phi) is 4.33. The maximum absolute atomic E-state index is 11.5. The molecule has 108 valence electrons. The molecule has 1 aliphatic heterocycles. The summed E-state index contributed by atoms with van der Waals surface area (Å²) >= 11 is 1.11. The lowest BCUT2D eigenvalue weighted by Gasteiger charge is -2.09. The molecule has 1 saturated heterocycles. The molecule has 1 unspecified atom stereocenters. The van der Waals surface area contributed by atoms with Gasteiger partial charge in [-0.25, -0.2) is 9.78 Å². The minimum atomic E-state index is -0.631. The number of aromatic nitrogens is 1. The molecule has 0 spiro atoms. The number of rotatable bonds is 5. The molecule has 2 rings (SSSR count). The van der Waals surface area contributed by atoms with E-state index in [-0.39, 0.29) is 28.3 Å². The number of ketones is 1. The van der Waals surface area contributed by atoms with Crippen LogP contribution in [0.15, 0.2) is 0 Å². The maximum Gasteiger partial charge on any atom is 0.358 e. The Morgan fingerprint density at radius 2 is 2.30 bits per heavy atom. The van der Waals surface area contributed by atoms with Crippen molar-refractivity contribution in [3.63, 3.8) is 0 Å². The standard InChI is InChI=1S/C12H15N3O4S/c1-6(16)10-9(11(18)19-2)15-12(20-10)13-5-7-3-4-8(17)14-7/h7H,3-5H2,1-2H3,(H,13,15)(H,14,17). The van der Waals surface area contributed by atoms with Crippen LogP contribution in [0.3, 0.4) is 0 Å². The first kappa shape index (κ1) is 14.4. The van der Waals surface area contributed by atoms with Crippen LogP contribution >= 0.6 is 11.3 Å². The zero-order chi connectivity index (χ0) is 14.7. The summed E-state index contributed by atoms with van der Waals surface area (Å²) in [4.78, 5) is 38.5. The number of carbonyl (C=O) groups excluding carboxylic acids is 3. The highest BCUT2D eigenvalue weighted by Gasteiger charge is 2.24. The van der Waals surface area contributed by atoms with E-state index in [1.807, 2.05) is 0 Å². The molecule has 7 nitrogen and oxygen atoms in total. The van der Waals surface area contributed by atoms with Gasteiger partial charge in [0.1, 0.15) is 4.88 Å². The summed E-state index contributed by atoms with van der Waals surface area (Å²) in [7, 11) is 1.24. The first-order valence-electron chi connectivity index (χ1n) is 6.14. The number of hydrogen-bond donors (Lipinski definition) is 2. The second-order valence-electron chi connectivity index (χ2n) is 4.43. The molecular formula is C12H15N3O4S. The van der Waals surface area contributed by atoms with Gasteiger partial charge in [0.25, 0.3) is 0 Å². The van der Waals surface area contributed by atoms with Crippen molar-refractivity contribution in [3.05, 3.63) is 10.6 Å². The van der Waals surface area contributed by atoms with Crippen molar-refractivity contribution in [1.29, 1.82) is 0 Å². The minimum Gasteiger partial charge on any atom is -0.464 e. The fourth-order valence-corrected chi connectivity index (χ4v) is 2.77. The third-order valence-electron chi connectivity index (χ3n) is 2.91. The molecule has 20 heavy (non-hydrogen) atoms. The van der Waals surface area contributed by atoms with Crippen molar-refractivity contribution in [1.82, 2.24) is 10.3 Å². The van der Waals surface area contributed by atoms with Gasteiger partial charge in [-0.05, 0) is 6.42 Å². The van der Waals surface area contributed by atoms with Crippen molar-refractivity contribution in [2.75, 3.05) is 19.0 Å². The molecule has 1 aromatic rings. The molecule has 1 atom stereocenters. The molecule has 1 amide bonds. The maximum atomic E-state index is 11.5. The van der Waals surface area contributed by atoms with Crippen LogP contribution in [0, 0.1) is 0 Å². The smallest absolute Gasteiger partial charge is 0.358 e. The van der Waals surface area contributed by atoms with E-state index in [9.17, 15) is 14.4 Å². The van der Waals surface area contributed by atoms with Gasteiger partial charge in [0, 0.05) is 25.9 Å². The first-order chi connectivity index (χ1) is 9.51. The summed E-state index contributed by atoms with van der Waals surface area (Å²) in [5.74, 6) is -0.825. The first-order valence-corrected chi connectivity index (χ1v) is 6.96. The summed E-state index contributed by atoms with van der Waals surface area (Å²) in [6.45, 7) is 1.89. The Balaban J connectivity index is 2.06. The summed E-state index contributed by atoms with van der Waals surface area (Å²) in [6.07, 6.45) is 1.29. The summed E-state index contributed by atoms with van der Waals surface area (Å²) in [5, 5.41) is 6.32. The van der Waals surface area contributed by atoms with Crippen molar-refractivity contribution in [2.45, 2.75) is 25.8 Å². The minimum absolute atomic E-state index is 0.0305. The van der Waals surface area contributed by atoms with Gasteiger partial charge in [-0.15, -0.1) is 0 Å². The van der Waals surface area contributed by atoms with Crippen molar-refractivity contribution in [2.24, 2.45) is 0 Å². The Morgan fingerprint density at radius 3 is 2.85 bits per heavy atom. The third kappa shape index (κ3) is 3.13. The highest BCUT2D eigenvalue weighted by atomic mass is 32.1. The van der Waals surface area contributed by atoms with Crippen molar-refractivity contribution in [3.8, 4) is 0 Å². The second kappa shape index (κ2) is 6.00. The zero-order valence-corrected chi connectivity index (χ0v) is 12.0. The number of nitrogens with zero attached hydrogens (tertiary/aromatic N) is 1. The topological polar surface area (TPSA) is 97.4 Å². The average Bonchev–Trinajstić information content (AvgIpc) is 3.01. The van der Waals surface area contributed by atoms with Crippen LogP contribution in [-0.4, -0.2) is 42.3 Å². The number of thiazole rings is 1. The lowest BCUT2D eigenvalue weighted by atomic mass is 10.2. The largest absolute Gasteiger partial charge is 0.464 e. The molecule has 0 aromatic carbocycles. The zero-order valence-electron chi connectivity index (χ0n) is 11.2. The molecule has 1 aliphatic rings. The molecular weight excluding hydrogens is 282 g/mol. The van der Waals surface area contributed by atoms with Gasteiger partial charge >= 0.3 is 5.97 Å². The van der Waals surface area contributed by atoms with E-state index in [1.54, 1.807) is 0 Å². The number of Topliss-reactive ketones (excluding diaryl/α,β-unsaturated/α-hetero) is 1. The SMILES string of the molecule is COC(=O)c1nc(NCC2CCC(=O)N2)sc1C(C)=O. The molecule has 1 fully saturated rings. The Bertz CT molecular complexity index is 555. The van der Waals surface area contributed by atoms with Gasteiger partial charge in [0.15, 0.2) is 16.6 Å². The lowest BCUT2D eigenvalue weighted by Crippen LogP contribution is -2.31. The average molecular weight is 297 g/mol. The molecule has 1 aromatic heterocycles. The van der Waals surface area contributed by atoms with Crippen LogP contribution in [0.5, 0.6) is 0 Å². The number of nitrogens with one attached hydrogen (secondary N) is 2. The fourth-order valence-electron chi connectivity index (χ4n) is 1.91. The Labute approximate surface area is 119 Å². The van der Waals surface area contributed by atoms with E-state index in [2.05, 4.69) is 20.4 Å². The number of anilines is 1. The lowest BCUT2D eigenvalue weighted by molar-refractivity contribution is -0.119. The van der Waals surface area contributed by atoms with Crippen molar-refractivity contribution >= 4 is 34.1 Å². The monoisotopic (exact) mass is 297 g/mol. The van der Waals surface area contributed by atoms with Crippen LogP contribution in [0.4, 0.5) is 5.13 Å². The van der Waals surface area contributed by atoms with Gasteiger partial charge in [0.2, 0.25) is 5.91 Å². The number of ether oxygens (including phenoxy) is 1. The van der Waals surface area contributed by atoms with Gasteiger partial charge < -0.3 is 15.4 Å². The quantitative estimate of drug-likeness (QED) is 0.617. The molecule has 8 heteroatoms. The number of carbonyl (C=O) groups is 3. The Hall–Kier alpha value is -1.96. The molecule has 0 bridgehead atoms. The van der Waals surface area contributed by atoms with Crippen LogP contribution < -0.4 is 10.6 Å². The number of hydrogen-bond acceptors (Lipinski definition) is 7. The number of amides is 1. The summed E-state index contributed by atoms with van der Waals surface area (Å²) in [5.41, 5.74) is 0.0305. The molecule has 0 aliphatic carbocycles. The van der Waals surface area contributed by atoms with E-state index < -0.39 is 5.97 Å². The van der Waals surface area contributed by atoms with Gasteiger partial charge in [-0.3, -0.25) is 9.59 Å². The molecule has 2 heterocycles. The molecule has 2 N–H and O–H groups in total. The van der Waals surface area contributed by atoms with Crippen LogP contribution in [-0.2, 0) is 9.53 Å². The predicted molar refractivity (Wildman–Crippen MR) is 73.1 cm³/mol.